The lowest BCUT2D eigenvalue weighted by molar-refractivity contribution is -0.121. The topological polar surface area (TPSA) is 26.3 Å². The SMILES string of the molecule is C[C@H](Br)C(=O)[C@H]1CCOC1. The van der Waals surface area contributed by atoms with Crippen molar-refractivity contribution in [1.29, 1.82) is 0 Å². The van der Waals surface area contributed by atoms with Crippen LogP contribution in [0.3, 0.4) is 0 Å². The molecule has 1 fully saturated rings. The number of carbonyl (C=O) groups excluding carboxylic acids is 1. The number of ether oxygens (including phenoxy) is 1. The normalized spacial score (nSPS) is 28.4. The number of Topliss-reactive ketones (excluding diaryl/α,β-unsaturated/α-hetero) is 1. The number of carbonyl (C=O) groups is 1. The second-order valence-corrected chi connectivity index (χ2v) is 3.95. The largest absolute Gasteiger partial charge is 0.381 e. The van der Waals surface area contributed by atoms with Crippen molar-refractivity contribution in [2.45, 2.75) is 18.2 Å². The van der Waals surface area contributed by atoms with E-state index in [2.05, 4.69) is 15.9 Å². The second-order valence-electron chi connectivity index (χ2n) is 2.58. The zero-order valence-electron chi connectivity index (χ0n) is 5.97. The van der Waals surface area contributed by atoms with Gasteiger partial charge in [-0.2, -0.15) is 0 Å². The lowest BCUT2D eigenvalue weighted by atomic mass is 10.0. The van der Waals surface area contributed by atoms with Gasteiger partial charge >= 0.3 is 0 Å². The quantitative estimate of drug-likeness (QED) is 0.639. The Morgan fingerprint density at radius 3 is 2.90 bits per heavy atom. The van der Waals surface area contributed by atoms with Crippen molar-refractivity contribution in [2.75, 3.05) is 13.2 Å². The van der Waals surface area contributed by atoms with E-state index in [1.54, 1.807) is 0 Å². The Morgan fingerprint density at radius 1 is 1.80 bits per heavy atom. The molecule has 0 saturated carbocycles. The molecule has 10 heavy (non-hydrogen) atoms. The molecule has 0 unspecified atom stereocenters. The molecular weight excluding hydrogens is 196 g/mol. The summed E-state index contributed by atoms with van der Waals surface area (Å²) < 4.78 is 5.09. The van der Waals surface area contributed by atoms with Crippen LogP contribution < -0.4 is 0 Å². The number of ketones is 1. The van der Waals surface area contributed by atoms with Crippen LogP contribution in [0.5, 0.6) is 0 Å². The standard InChI is InChI=1S/C7H11BrO2/c1-5(8)7(9)6-2-3-10-4-6/h5-6H,2-4H2,1H3/t5-,6-/m0/s1. The fraction of sp³-hybridized carbons (Fsp3) is 0.857. The Kier molecular flexibility index (Phi) is 2.86. The average Bonchev–Trinajstić information content (AvgIpc) is 2.36. The van der Waals surface area contributed by atoms with Gasteiger partial charge in [-0.1, -0.05) is 15.9 Å². The highest BCUT2D eigenvalue weighted by molar-refractivity contribution is 9.10. The summed E-state index contributed by atoms with van der Waals surface area (Å²) in [5.74, 6) is 0.423. The van der Waals surface area contributed by atoms with Gasteiger partial charge in [0.2, 0.25) is 0 Å². The molecule has 58 valence electrons. The van der Waals surface area contributed by atoms with Crippen molar-refractivity contribution in [3.63, 3.8) is 0 Å². The predicted molar refractivity (Wildman–Crippen MR) is 42.3 cm³/mol. The molecule has 1 aliphatic rings. The summed E-state index contributed by atoms with van der Waals surface area (Å²) >= 11 is 3.24. The molecule has 0 aromatic carbocycles. The lowest BCUT2D eigenvalue weighted by Crippen LogP contribution is -2.21. The molecule has 0 aliphatic carbocycles. The smallest absolute Gasteiger partial charge is 0.151 e. The Labute approximate surface area is 69.1 Å². The van der Waals surface area contributed by atoms with Gasteiger partial charge in [0.25, 0.3) is 0 Å². The van der Waals surface area contributed by atoms with E-state index in [0.717, 1.165) is 13.0 Å². The van der Waals surface area contributed by atoms with Crippen molar-refractivity contribution in [1.82, 2.24) is 0 Å². The Morgan fingerprint density at radius 2 is 2.50 bits per heavy atom. The summed E-state index contributed by atoms with van der Waals surface area (Å²) in [6, 6.07) is 0. The van der Waals surface area contributed by atoms with Gasteiger partial charge in [-0.05, 0) is 13.3 Å². The molecule has 1 saturated heterocycles. The zero-order valence-corrected chi connectivity index (χ0v) is 7.56. The summed E-state index contributed by atoms with van der Waals surface area (Å²) in [5.41, 5.74) is 0. The maximum Gasteiger partial charge on any atom is 0.151 e. The van der Waals surface area contributed by atoms with E-state index in [1.807, 2.05) is 6.92 Å². The minimum absolute atomic E-state index is 0.0146. The first-order valence-electron chi connectivity index (χ1n) is 3.47. The summed E-state index contributed by atoms with van der Waals surface area (Å²) in [6.45, 7) is 3.23. The first-order valence-corrected chi connectivity index (χ1v) is 4.39. The van der Waals surface area contributed by atoms with E-state index in [4.69, 9.17) is 4.74 Å². The van der Waals surface area contributed by atoms with Crippen LogP contribution in [0.1, 0.15) is 13.3 Å². The number of alkyl halides is 1. The minimum atomic E-state index is -0.0146. The third kappa shape index (κ3) is 1.80. The van der Waals surface area contributed by atoms with E-state index in [1.165, 1.54) is 0 Å². The highest BCUT2D eigenvalue weighted by Crippen LogP contribution is 2.17. The molecule has 0 aromatic heterocycles. The van der Waals surface area contributed by atoms with Crippen LogP contribution >= 0.6 is 15.9 Å². The van der Waals surface area contributed by atoms with Crippen LogP contribution in [0.15, 0.2) is 0 Å². The Balaban J connectivity index is 2.40. The molecule has 0 radical (unpaired) electrons. The molecule has 3 heteroatoms. The van der Waals surface area contributed by atoms with Crippen LogP contribution in [-0.4, -0.2) is 23.8 Å². The molecule has 1 aliphatic heterocycles. The van der Waals surface area contributed by atoms with Gasteiger partial charge in [0, 0.05) is 12.5 Å². The van der Waals surface area contributed by atoms with Crippen molar-refractivity contribution < 1.29 is 9.53 Å². The molecule has 0 aromatic rings. The number of hydrogen-bond donors (Lipinski definition) is 0. The molecule has 1 heterocycles. The Bertz CT molecular complexity index is 128. The van der Waals surface area contributed by atoms with Crippen LogP contribution in [-0.2, 0) is 9.53 Å². The zero-order chi connectivity index (χ0) is 7.56. The van der Waals surface area contributed by atoms with Crippen molar-refractivity contribution in [2.24, 2.45) is 5.92 Å². The number of halogens is 1. The third-order valence-corrected chi connectivity index (χ3v) is 2.18. The summed E-state index contributed by atoms with van der Waals surface area (Å²) in [7, 11) is 0. The van der Waals surface area contributed by atoms with Crippen molar-refractivity contribution >= 4 is 21.7 Å². The van der Waals surface area contributed by atoms with Gasteiger partial charge < -0.3 is 4.74 Å². The van der Waals surface area contributed by atoms with E-state index in [9.17, 15) is 4.79 Å². The highest BCUT2D eigenvalue weighted by atomic mass is 79.9. The molecule has 0 bridgehead atoms. The summed E-state index contributed by atoms with van der Waals surface area (Å²) in [5, 5.41) is 0. The lowest BCUT2D eigenvalue weighted by Gasteiger charge is -2.06. The first kappa shape index (κ1) is 8.21. The minimum Gasteiger partial charge on any atom is -0.381 e. The van der Waals surface area contributed by atoms with E-state index < -0.39 is 0 Å². The Hall–Kier alpha value is 0.110. The van der Waals surface area contributed by atoms with Gasteiger partial charge in [-0.3, -0.25) is 4.79 Å². The van der Waals surface area contributed by atoms with Gasteiger partial charge in [-0.15, -0.1) is 0 Å². The van der Waals surface area contributed by atoms with Crippen LogP contribution in [0.2, 0.25) is 0 Å². The number of rotatable bonds is 2. The average molecular weight is 207 g/mol. The monoisotopic (exact) mass is 206 g/mol. The van der Waals surface area contributed by atoms with Crippen LogP contribution in [0, 0.1) is 5.92 Å². The molecule has 2 atom stereocenters. The third-order valence-electron chi connectivity index (χ3n) is 1.72. The molecular formula is C7H11BrO2. The maximum absolute atomic E-state index is 11.2. The van der Waals surface area contributed by atoms with Crippen LogP contribution in [0.25, 0.3) is 0 Å². The van der Waals surface area contributed by atoms with E-state index in [-0.39, 0.29) is 16.5 Å². The van der Waals surface area contributed by atoms with E-state index >= 15 is 0 Å². The van der Waals surface area contributed by atoms with Gasteiger partial charge in [0.15, 0.2) is 5.78 Å². The first-order chi connectivity index (χ1) is 4.72. The molecule has 2 nitrogen and oxygen atoms in total. The maximum atomic E-state index is 11.2. The van der Waals surface area contributed by atoms with Crippen molar-refractivity contribution in [3.8, 4) is 0 Å². The van der Waals surface area contributed by atoms with E-state index in [0.29, 0.717) is 6.61 Å². The highest BCUT2D eigenvalue weighted by Gasteiger charge is 2.25. The van der Waals surface area contributed by atoms with Crippen molar-refractivity contribution in [3.05, 3.63) is 0 Å². The molecule has 0 N–H and O–H groups in total. The molecule has 0 amide bonds. The van der Waals surface area contributed by atoms with Crippen LogP contribution in [0.4, 0.5) is 0 Å². The van der Waals surface area contributed by atoms with Gasteiger partial charge in [0.05, 0.1) is 11.4 Å². The van der Waals surface area contributed by atoms with Gasteiger partial charge in [-0.25, -0.2) is 0 Å². The molecule has 0 spiro atoms. The predicted octanol–water partition coefficient (Wildman–Crippen LogP) is 1.38. The molecule has 1 rings (SSSR count). The second kappa shape index (κ2) is 3.49. The fourth-order valence-electron chi connectivity index (χ4n) is 1.08. The summed E-state index contributed by atoms with van der Waals surface area (Å²) in [6.07, 6.45) is 0.898. The number of hydrogen-bond acceptors (Lipinski definition) is 2. The van der Waals surface area contributed by atoms with Gasteiger partial charge in [0.1, 0.15) is 0 Å². The summed E-state index contributed by atoms with van der Waals surface area (Å²) in [4.78, 5) is 11.2. The fourth-order valence-corrected chi connectivity index (χ4v) is 1.46.